The van der Waals surface area contributed by atoms with Crippen LogP contribution in [0.1, 0.15) is 39.5 Å². The van der Waals surface area contributed by atoms with Crippen LogP contribution in [0.2, 0.25) is 0 Å². The van der Waals surface area contributed by atoms with Crippen LogP contribution in [0.25, 0.3) is 0 Å². The molecule has 4 atom stereocenters. The zero-order valence-electron chi connectivity index (χ0n) is 17.6. The van der Waals surface area contributed by atoms with Crippen LogP contribution in [-0.2, 0) is 38.0 Å². The maximum atomic E-state index is 12.4. The van der Waals surface area contributed by atoms with Crippen molar-refractivity contribution in [1.82, 2.24) is 0 Å². The highest BCUT2D eigenvalue weighted by Crippen LogP contribution is 2.30. The Bertz CT molecular complexity index is 629. The van der Waals surface area contributed by atoms with E-state index in [1.54, 1.807) is 13.8 Å². The highest BCUT2D eigenvalue weighted by Gasteiger charge is 2.32. The SMILES string of the molecule is CC(C(=O)OCCOC(=O)C(C)=C(CC1CO1)CC1CO1)=C(CC1CO1)CC1CO1. The van der Waals surface area contributed by atoms with E-state index in [0.29, 0.717) is 11.1 Å². The van der Waals surface area contributed by atoms with Gasteiger partial charge in [0.05, 0.1) is 50.8 Å². The van der Waals surface area contributed by atoms with Gasteiger partial charge in [0.15, 0.2) is 0 Å². The summed E-state index contributed by atoms with van der Waals surface area (Å²) in [5.74, 6) is -0.765. The molecule has 4 unspecified atom stereocenters. The van der Waals surface area contributed by atoms with E-state index >= 15 is 0 Å². The molecule has 8 heteroatoms. The summed E-state index contributed by atoms with van der Waals surface area (Å²) in [6, 6.07) is 0. The Hall–Kier alpha value is -1.74. The van der Waals surface area contributed by atoms with Crippen LogP contribution < -0.4 is 0 Å². The maximum absolute atomic E-state index is 12.4. The molecular weight excluding hydrogens is 392 g/mol. The minimum Gasteiger partial charge on any atom is -0.459 e. The lowest BCUT2D eigenvalue weighted by molar-refractivity contribution is -0.147. The molecule has 4 aliphatic rings. The summed E-state index contributed by atoms with van der Waals surface area (Å²) in [6.45, 7) is 6.54. The summed E-state index contributed by atoms with van der Waals surface area (Å²) in [5.41, 5.74) is 3.24. The molecule has 0 bridgehead atoms. The van der Waals surface area contributed by atoms with Crippen LogP contribution in [0, 0.1) is 0 Å². The normalized spacial score (nSPS) is 27.7. The quantitative estimate of drug-likeness (QED) is 0.192. The molecule has 4 heterocycles. The molecule has 0 aromatic carbocycles. The standard InChI is InChI=1S/C22H30O8/c1-13(15(5-17-9-27-17)6-18-10-28-18)21(23)25-3-4-26-22(24)14(2)16(7-19-11-29-19)8-20-12-30-20/h17-20H,3-12H2,1-2H3. The van der Waals surface area contributed by atoms with Crippen molar-refractivity contribution < 1.29 is 38.0 Å². The van der Waals surface area contributed by atoms with Gasteiger partial charge in [-0.15, -0.1) is 0 Å². The molecule has 0 aromatic rings. The van der Waals surface area contributed by atoms with Crippen molar-refractivity contribution in [2.75, 3.05) is 39.6 Å². The summed E-state index contributed by atoms with van der Waals surface area (Å²) in [5, 5.41) is 0. The third-order valence-corrected chi connectivity index (χ3v) is 5.73. The van der Waals surface area contributed by atoms with E-state index in [2.05, 4.69) is 0 Å². The van der Waals surface area contributed by atoms with E-state index < -0.39 is 0 Å². The summed E-state index contributed by atoms with van der Waals surface area (Å²) < 4.78 is 31.8. The highest BCUT2D eigenvalue weighted by molar-refractivity contribution is 5.89. The zero-order chi connectivity index (χ0) is 21.1. The van der Waals surface area contributed by atoms with E-state index in [0.717, 1.165) is 63.3 Å². The first-order valence-corrected chi connectivity index (χ1v) is 10.7. The molecule has 0 radical (unpaired) electrons. The second-order valence-corrected chi connectivity index (χ2v) is 8.37. The fourth-order valence-corrected chi connectivity index (χ4v) is 3.40. The molecule has 166 valence electrons. The van der Waals surface area contributed by atoms with E-state index in [4.69, 9.17) is 28.4 Å². The van der Waals surface area contributed by atoms with Crippen molar-refractivity contribution in [3.8, 4) is 0 Å². The van der Waals surface area contributed by atoms with Gasteiger partial charge < -0.3 is 28.4 Å². The minimum atomic E-state index is -0.382. The van der Waals surface area contributed by atoms with Gasteiger partial charge in [-0.2, -0.15) is 0 Å². The number of esters is 2. The fourth-order valence-electron chi connectivity index (χ4n) is 3.40. The summed E-state index contributed by atoms with van der Waals surface area (Å²) in [7, 11) is 0. The van der Waals surface area contributed by atoms with Gasteiger partial charge in [0.25, 0.3) is 0 Å². The number of rotatable bonds is 13. The van der Waals surface area contributed by atoms with E-state index in [-0.39, 0.29) is 49.6 Å². The third kappa shape index (κ3) is 6.91. The second-order valence-electron chi connectivity index (χ2n) is 8.37. The Kier molecular flexibility index (Phi) is 6.87. The summed E-state index contributed by atoms with van der Waals surface area (Å²) in [6.07, 6.45) is 3.75. The first kappa shape index (κ1) is 21.5. The molecule has 0 aromatic heterocycles. The summed E-state index contributed by atoms with van der Waals surface area (Å²) in [4.78, 5) is 24.8. The highest BCUT2D eigenvalue weighted by atomic mass is 16.6. The van der Waals surface area contributed by atoms with Crippen LogP contribution in [0.5, 0.6) is 0 Å². The van der Waals surface area contributed by atoms with Gasteiger partial charge in [-0.05, 0) is 39.5 Å². The van der Waals surface area contributed by atoms with Crippen molar-refractivity contribution >= 4 is 11.9 Å². The van der Waals surface area contributed by atoms with Crippen molar-refractivity contribution in [2.45, 2.75) is 63.9 Å². The number of ether oxygens (including phenoxy) is 6. The lowest BCUT2D eigenvalue weighted by Gasteiger charge is -2.12. The minimum absolute atomic E-state index is 0.0230. The number of hydrogen-bond acceptors (Lipinski definition) is 8. The summed E-state index contributed by atoms with van der Waals surface area (Å²) >= 11 is 0. The van der Waals surface area contributed by atoms with Crippen molar-refractivity contribution in [3.05, 3.63) is 22.3 Å². The Morgan fingerprint density at radius 1 is 0.633 bits per heavy atom. The smallest absolute Gasteiger partial charge is 0.333 e. The average molecular weight is 422 g/mol. The Labute approximate surface area is 176 Å². The molecule has 0 spiro atoms. The van der Waals surface area contributed by atoms with Crippen molar-refractivity contribution in [1.29, 1.82) is 0 Å². The van der Waals surface area contributed by atoms with E-state index in [1.165, 1.54) is 0 Å². The molecule has 0 amide bonds. The largest absolute Gasteiger partial charge is 0.459 e. The van der Waals surface area contributed by atoms with Crippen LogP contribution in [0.3, 0.4) is 0 Å². The molecule has 30 heavy (non-hydrogen) atoms. The number of carbonyl (C=O) groups is 2. The van der Waals surface area contributed by atoms with Gasteiger partial charge in [-0.3, -0.25) is 0 Å². The van der Waals surface area contributed by atoms with Crippen LogP contribution in [-0.4, -0.2) is 76.0 Å². The van der Waals surface area contributed by atoms with Crippen LogP contribution >= 0.6 is 0 Å². The first-order valence-electron chi connectivity index (χ1n) is 10.7. The number of epoxide rings is 4. The third-order valence-electron chi connectivity index (χ3n) is 5.73. The molecule has 8 nitrogen and oxygen atoms in total. The van der Waals surface area contributed by atoms with Crippen LogP contribution in [0.15, 0.2) is 22.3 Å². The number of carbonyl (C=O) groups excluding carboxylic acids is 2. The fraction of sp³-hybridized carbons (Fsp3) is 0.727. The average Bonchev–Trinajstić information content (AvgIpc) is 3.56. The molecular formula is C22H30O8. The van der Waals surface area contributed by atoms with Gasteiger partial charge in [0, 0.05) is 11.1 Å². The van der Waals surface area contributed by atoms with Crippen LogP contribution in [0.4, 0.5) is 0 Å². The maximum Gasteiger partial charge on any atom is 0.333 e. The van der Waals surface area contributed by atoms with Gasteiger partial charge >= 0.3 is 11.9 Å². The van der Waals surface area contributed by atoms with Gasteiger partial charge in [-0.25, -0.2) is 9.59 Å². The van der Waals surface area contributed by atoms with Crippen molar-refractivity contribution in [2.24, 2.45) is 0 Å². The molecule has 4 fully saturated rings. The van der Waals surface area contributed by atoms with Gasteiger partial charge in [0.1, 0.15) is 13.2 Å². The molecule has 4 saturated heterocycles. The van der Waals surface area contributed by atoms with Gasteiger partial charge in [0.2, 0.25) is 0 Å². The molecule has 0 N–H and O–H groups in total. The van der Waals surface area contributed by atoms with E-state index in [9.17, 15) is 9.59 Å². The Morgan fingerprint density at radius 3 is 1.13 bits per heavy atom. The molecule has 4 rings (SSSR count). The lowest BCUT2D eigenvalue weighted by atomic mass is 9.99. The van der Waals surface area contributed by atoms with E-state index in [1.807, 2.05) is 0 Å². The Morgan fingerprint density at radius 2 is 0.900 bits per heavy atom. The monoisotopic (exact) mass is 422 g/mol. The molecule has 4 aliphatic heterocycles. The first-order chi connectivity index (χ1) is 14.5. The van der Waals surface area contributed by atoms with Gasteiger partial charge in [-0.1, -0.05) is 11.1 Å². The predicted molar refractivity (Wildman–Crippen MR) is 105 cm³/mol. The topological polar surface area (TPSA) is 103 Å². The zero-order valence-corrected chi connectivity index (χ0v) is 17.6. The molecule has 0 saturated carbocycles. The second kappa shape index (κ2) is 9.60. The predicted octanol–water partition coefficient (Wildman–Crippen LogP) is 1.86. The number of hydrogen-bond donors (Lipinski definition) is 0. The Balaban J connectivity index is 1.22. The van der Waals surface area contributed by atoms with Crippen molar-refractivity contribution in [3.63, 3.8) is 0 Å². The lowest BCUT2D eigenvalue weighted by Crippen LogP contribution is -2.17. The molecule has 0 aliphatic carbocycles.